The van der Waals surface area contributed by atoms with Gasteiger partial charge in [-0.3, -0.25) is 9.59 Å². The molecular weight excluding hydrogens is 350 g/mol. The highest BCUT2D eigenvalue weighted by molar-refractivity contribution is 6.06. The summed E-state index contributed by atoms with van der Waals surface area (Å²) in [5.74, 6) is 0.489. The number of carbonyl (C=O) groups excluding carboxylic acids is 2. The Hall–Kier alpha value is -3.66. The highest BCUT2D eigenvalue weighted by Crippen LogP contribution is 2.13. The molecule has 1 N–H and O–H groups in total. The number of ketones is 1. The van der Waals surface area contributed by atoms with Crippen molar-refractivity contribution in [2.75, 3.05) is 7.11 Å². The first-order valence-electron chi connectivity index (χ1n) is 8.94. The number of nitrogens with one attached hydrogen (secondary N) is 1. The molecule has 0 saturated carbocycles. The van der Waals surface area contributed by atoms with Crippen molar-refractivity contribution >= 4 is 17.8 Å². The second kappa shape index (κ2) is 9.33. The molecule has 3 rings (SSSR count). The van der Waals surface area contributed by atoms with Gasteiger partial charge in [0.1, 0.15) is 5.75 Å². The van der Waals surface area contributed by atoms with Gasteiger partial charge in [-0.1, -0.05) is 48.5 Å². The van der Waals surface area contributed by atoms with E-state index in [1.807, 2.05) is 42.5 Å². The molecule has 0 atom stereocenters. The molecule has 4 nitrogen and oxygen atoms in total. The van der Waals surface area contributed by atoms with E-state index in [0.717, 1.165) is 11.1 Å². The van der Waals surface area contributed by atoms with Gasteiger partial charge in [-0.15, -0.1) is 0 Å². The van der Waals surface area contributed by atoms with Crippen molar-refractivity contribution in [2.24, 2.45) is 0 Å². The molecule has 0 aliphatic carbocycles. The molecule has 4 heteroatoms. The molecule has 0 saturated heterocycles. The Labute approximate surface area is 164 Å². The number of methoxy groups -OCH3 is 1. The summed E-state index contributed by atoms with van der Waals surface area (Å²) < 4.78 is 5.09. The number of allylic oxidation sites excluding steroid dienone is 1. The lowest BCUT2D eigenvalue weighted by molar-refractivity contribution is 0.0950. The van der Waals surface area contributed by atoms with E-state index in [2.05, 4.69) is 5.32 Å². The van der Waals surface area contributed by atoms with E-state index in [-0.39, 0.29) is 11.7 Å². The number of rotatable bonds is 7. The minimum atomic E-state index is -0.131. The average molecular weight is 371 g/mol. The molecule has 0 bridgehead atoms. The minimum absolute atomic E-state index is 0.0904. The van der Waals surface area contributed by atoms with Crippen molar-refractivity contribution in [3.05, 3.63) is 107 Å². The molecule has 1 amide bonds. The van der Waals surface area contributed by atoms with Gasteiger partial charge in [0.25, 0.3) is 5.91 Å². The van der Waals surface area contributed by atoms with Gasteiger partial charge in [0.15, 0.2) is 5.78 Å². The molecule has 0 radical (unpaired) electrons. The van der Waals surface area contributed by atoms with Crippen LogP contribution in [0.4, 0.5) is 0 Å². The van der Waals surface area contributed by atoms with Crippen LogP contribution in [0, 0.1) is 0 Å². The summed E-state index contributed by atoms with van der Waals surface area (Å²) in [5, 5.41) is 2.89. The van der Waals surface area contributed by atoms with Gasteiger partial charge in [0, 0.05) is 17.7 Å². The van der Waals surface area contributed by atoms with Crippen LogP contribution in [-0.2, 0) is 6.54 Å². The Morgan fingerprint density at radius 1 is 0.857 bits per heavy atom. The van der Waals surface area contributed by atoms with Crippen molar-refractivity contribution in [2.45, 2.75) is 6.54 Å². The van der Waals surface area contributed by atoms with Crippen molar-refractivity contribution in [1.82, 2.24) is 5.32 Å². The molecule has 3 aromatic carbocycles. The monoisotopic (exact) mass is 371 g/mol. The molecule has 0 aliphatic heterocycles. The summed E-state index contributed by atoms with van der Waals surface area (Å²) >= 11 is 0. The Balaban J connectivity index is 1.57. The number of carbonyl (C=O) groups is 2. The number of hydrogen-bond acceptors (Lipinski definition) is 3. The second-order valence-corrected chi connectivity index (χ2v) is 6.22. The molecule has 0 spiro atoms. The highest BCUT2D eigenvalue weighted by atomic mass is 16.5. The summed E-state index contributed by atoms with van der Waals surface area (Å²) in [6.45, 7) is 0.484. The summed E-state index contributed by atoms with van der Waals surface area (Å²) in [4.78, 5) is 24.5. The highest BCUT2D eigenvalue weighted by Gasteiger charge is 2.05. The minimum Gasteiger partial charge on any atom is -0.497 e. The maximum atomic E-state index is 12.2. The molecule has 0 unspecified atom stereocenters. The van der Waals surface area contributed by atoms with E-state index in [4.69, 9.17) is 4.74 Å². The largest absolute Gasteiger partial charge is 0.497 e. The van der Waals surface area contributed by atoms with Gasteiger partial charge >= 0.3 is 0 Å². The third kappa shape index (κ3) is 5.17. The van der Waals surface area contributed by atoms with Crippen LogP contribution in [0.1, 0.15) is 31.8 Å². The third-order valence-corrected chi connectivity index (χ3v) is 4.27. The van der Waals surface area contributed by atoms with Crippen LogP contribution in [-0.4, -0.2) is 18.8 Å². The van der Waals surface area contributed by atoms with Crippen LogP contribution >= 0.6 is 0 Å². The van der Waals surface area contributed by atoms with Crippen LogP contribution in [0.25, 0.3) is 6.08 Å². The van der Waals surface area contributed by atoms with Crippen molar-refractivity contribution in [3.8, 4) is 5.75 Å². The lowest BCUT2D eigenvalue weighted by Gasteiger charge is -2.05. The van der Waals surface area contributed by atoms with Crippen molar-refractivity contribution < 1.29 is 14.3 Å². The van der Waals surface area contributed by atoms with Crippen molar-refractivity contribution in [3.63, 3.8) is 0 Å². The van der Waals surface area contributed by atoms with Crippen LogP contribution in [0.5, 0.6) is 5.75 Å². The van der Waals surface area contributed by atoms with Gasteiger partial charge in [0.2, 0.25) is 0 Å². The molecule has 0 heterocycles. The fourth-order valence-corrected chi connectivity index (χ4v) is 2.65. The fraction of sp³-hybridized carbons (Fsp3) is 0.0833. The summed E-state index contributed by atoms with van der Waals surface area (Å²) in [6, 6.07) is 23.8. The van der Waals surface area contributed by atoms with E-state index in [1.165, 1.54) is 6.08 Å². The lowest BCUT2D eigenvalue weighted by Crippen LogP contribution is -2.22. The molecule has 140 valence electrons. The predicted octanol–water partition coefficient (Wildman–Crippen LogP) is 4.52. The Morgan fingerprint density at radius 2 is 1.50 bits per heavy atom. The maximum absolute atomic E-state index is 12.2. The van der Waals surface area contributed by atoms with Crippen molar-refractivity contribution in [1.29, 1.82) is 0 Å². The predicted molar refractivity (Wildman–Crippen MR) is 110 cm³/mol. The Morgan fingerprint density at radius 3 is 2.14 bits per heavy atom. The summed E-state index contributed by atoms with van der Waals surface area (Å²) in [7, 11) is 1.59. The van der Waals surface area contributed by atoms with E-state index < -0.39 is 0 Å². The zero-order valence-electron chi connectivity index (χ0n) is 15.6. The van der Waals surface area contributed by atoms with Gasteiger partial charge < -0.3 is 10.1 Å². The quantitative estimate of drug-likeness (QED) is 0.491. The van der Waals surface area contributed by atoms with E-state index in [9.17, 15) is 9.59 Å². The number of benzene rings is 3. The first-order valence-corrected chi connectivity index (χ1v) is 8.94. The van der Waals surface area contributed by atoms with Gasteiger partial charge in [-0.25, -0.2) is 0 Å². The van der Waals surface area contributed by atoms with E-state index in [1.54, 1.807) is 49.6 Å². The number of hydrogen-bond donors (Lipinski definition) is 1. The van der Waals surface area contributed by atoms with Gasteiger partial charge in [0.05, 0.1) is 7.11 Å². The van der Waals surface area contributed by atoms with Gasteiger partial charge in [-0.2, -0.15) is 0 Å². The van der Waals surface area contributed by atoms with Gasteiger partial charge in [-0.05, 0) is 53.6 Å². The topological polar surface area (TPSA) is 55.4 Å². The molecular formula is C24H21NO3. The second-order valence-electron chi connectivity index (χ2n) is 6.22. The third-order valence-electron chi connectivity index (χ3n) is 4.27. The standard InChI is InChI=1S/C24H21NO3/c1-28-22-14-12-20(13-15-22)23(26)16-9-18-7-10-21(11-8-18)24(27)25-17-19-5-3-2-4-6-19/h2-16H,17H2,1H3,(H,25,27). The van der Waals surface area contributed by atoms with E-state index >= 15 is 0 Å². The zero-order valence-corrected chi connectivity index (χ0v) is 15.6. The van der Waals surface area contributed by atoms with E-state index in [0.29, 0.717) is 23.4 Å². The molecule has 0 fully saturated rings. The van der Waals surface area contributed by atoms with Crippen LogP contribution in [0.3, 0.4) is 0 Å². The summed E-state index contributed by atoms with van der Waals surface area (Å²) in [5.41, 5.74) is 3.07. The van der Waals surface area contributed by atoms with Crippen LogP contribution in [0.15, 0.2) is 84.9 Å². The SMILES string of the molecule is COc1ccc(C(=O)C=Cc2ccc(C(=O)NCc3ccccc3)cc2)cc1. The Kier molecular flexibility index (Phi) is 6.37. The number of ether oxygens (including phenoxy) is 1. The Bertz CT molecular complexity index is 959. The number of amides is 1. The fourth-order valence-electron chi connectivity index (χ4n) is 2.65. The summed E-state index contributed by atoms with van der Waals surface area (Å²) in [6.07, 6.45) is 3.25. The smallest absolute Gasteiger partial charge is 0.251 e. The van der Waals surface area contributed by atoms with Crippen LogP contribution in [0.2, 0.25) is 0 Å². The normalized spacial score (nSPS) is 10.6. The molecule has 28 heavy (non-hydrogen) atoms. The molecule has 3 aromatic rings. The zero-order chi connectivity index (χ0) is 19.8. The van der Waals surface area contributed by atoms with Crippen LogP contribution < -0.4 is 10.1 Å². The average Bonchev–Trinajstić information content (AvgIpc) is 2.77. The first-order chi connectivity index (χ1) is 13.7. The maximum Gasteiger partial charge on any atom is 0.251 e. The lowest BCUT2D eigenvalue weighted by atomic mass is 10.1. The molecule has 0 aromatic heterocycles. The molecule has 0 aliphatic rings. The first kappa shape index (κ1) is 19.1.